The maximum absolute atomic E-state index is 12.5. The lowest BCUT2D eigenvalue weighted by atomic mass is 9.69. The zero-order chi connectivity index (χ0) is 22.6. The number of carbonyl (C=O) groups excluding carboxylic acids is 1. The Morgan fingerprint density at radius 3 is 2.62 bits per heavy atom. The SMILES string of the molecule is COc1ccc(C2(C#Cc3cccc([N+](=O)[O-])c3)CCCC(=O)C2)cc1OC1CCCC1. The number of hydrogen-bond acceptors (Lipinski definition) is 5. The van der Waals surface area contributed by atoms with Crippen LogP contribution >= 0.6 is 0 Å². The molecule has 2 aromatic carbocycles. The van der Waals surface area contributed by atoms with Crippen molar-refractivity contribution < 1.29 is 19.2 Å². The van der Waals surface area contributed by atoms with Crippen molar-refractivity contribution in [2.24, 2.45) is 0 Å². The van der Waals surface area contributed by atoms with Gasteiger partial charge in [0.2, 0.25) is 0 Å². The summed E-state index contributed by atoms with van der Waals surface area (Å²) in [5.74, 6) is 7.98. The van der Waals surface area contributed by atoms with E-state index in [0.29, 0.717) is 29.9 Å². The summed E-state index contributed by atoms with van der Waals surface area (Å²) < 4.78 is 11.8. The Hall–Kier alpha value is -3.33. The fraction of sp³-hybridized carbons (Fsp3) is 0.423. The van der Waals surface area contributed by atoms with E-state index in [9.17, 15) is 14.9 Å². The lowest BCUT2D eigenvalue weighted by molar-refractivity contribution is -0.384. The van der Waals surface area contributed by atoms with Gasteiger partial charge in [0.25, 0.3) is 5.69 Å². The van der Waals surface area contributed by atoms with Crippen LogP contribution in [-0.2, 0) is 10.2 Å². The van der Waals surface area contributed by atoms with Gasteiger partial charge < -0.3 is 9.47 Å². The van der Waals surface area contributed by atoms with Gasteiger partial charge in [-0.05, 0) is 62.3 Å². The number of benzene rings is 2. The minimum absolute atomic E-state index is 0.00210. The Morgan fingerprint density at radius 2 is 1.91 bits per heavy atom. The van der Waals surface area contributed by atoms with Crippen molar-refractivity contribution in [3.63, 3.8) is 0 Å². The molecule has 2 aromatic rings. The third-order valence-corrected chi connectivity index (χ3v) is 6.37. The second kappa shape index (κ2) is 9.44. The largest absolute Gasteiger partial charge is 0.493 e. The van der Waals surface area contributed by atoms with Gasteiger partial charge in [0.05, 0.1) is 23.6 Å². The summed E-state index contributed by atoms with van der Waals surface area (Å²) in [4.78, 5) is 23.2. The monoisotopic (exact) mass is 433 g/mol. The van der Waals surface area contributed by atoms with Crippen molar-refractivity contribution >= 4 is 11.5 Å². The number of methoxy groups -OCH3 is 1. The van der Waals surface area contributed by atoms with Crippen LogP contribution in [0, 0.1) is 22.0 Å². The van der Waals surface area contributed by atoms with E-state index in [0.717, 1.165) is 31.2 Å². The average molecular weight is 434 g/mol. The van der Waals surface area contributed by atoms with Crippen molar-refractivity contribution in [3.05, 3.63) is 63.7 Å². The Bertz CT molecular complexity index is 1080. The zero-order valence-corrected chi connectivity index (χ0v) is 18.3. The molecule has 0 heterocycles. The number of hydrogen-bond donors (Lipinski definition) is 0. The zero-order valence-electron chi connectivity index (χ0n) is 18.3. The normalized spacial score (nSPS) is 21.0. The number of ether oxygens (including phenoxy) is 2. The van der Waals surface area contributed by atoms with Crippen LogP contribution < -0.4 is 9.47 Å². The molecule has 0 saturated heterocycles. The quantitative estimate of drug-likeness (QED) is 0.360. The van der Waals surface area contributed by atoms with Crippen molar-refractivity contribution in [3.8, 4) is 23.3 Å². The predicted octanol–water partition coefficient (Wildman–Crippen LogP) is 5.36. The van der Waals surface area contributed by atoms with E-state index in [4.69, 9.17) is 9.47 Å². The fourth-order valence-corrected chi connectivity index (χ4v) is 4.67. The highest BCUT2D eigenvalue weighted by atomic mass is 16.6. The first-order chi connectivity index (χ1) is 15.5. The van der Waals surface area contributed by atoms with Crippen LogP contribution in [0.2, 0.25) is 0 Å². The Balaban J connectivity index is 1.73. The van der Waals surface area contributed by atoms with E-state index in [1.165, 1.54) is 25.0 Å². The highest BCUT2D eigenvalue weighted by Gasteiger charge is 2.37. The number of non-ortho nitro benzene ring substituents is 1. The molecule has 0 aromatic heterocycles. The van der Waals surface area contributed by atoms with Crippen molar-refractivity contribution in [1.29, 1.82) is 0 Å². The van der Waals surface area contributed by atoms with Crippen LogP contribution in [0.1, 0.15) is 62.5 Å². The Kier molecular flexibility index (Phi) is 6.45. The molecule has 166 valence electrons. The lowest BCUT2D eigenvalue weighted by Crippen LogP contribution is -2.32. The first kappa shape index (κ1) is 21.9. The van der Waals surface area contributed by atoms with Crippen LogP contribution in [0.3, 0.4) is 0 Å². The molecular weight excluding hydrogens is 406 g/mol. The van der Waals surface area contributed by atoms with E-state index >= 15 is 0 Å². The van der Waals surface area contributed by atoms with Gasteiger partial charge in [0, 0.05) is 30.5 Å². The third-order valence-electron chi connectivity index (χ3n) is 6.37. The van der Waals surface area contributed by atoms with Gasteiger partial charge in [-0.3, -0.25) is 14.9 Å². The fourth-order valence-electron chi connectivity index (χ4n) is 4.67. The lowest BCUT2D eigenvalue weighted by Gasteiger charge is -2.33. The van der Waals surface area contributed by atoms with Crippen LogP contribution in [0.5, 0.6) is 11.5 Å². The molecule has 32 heavy (non-hydrogen) atoms. The number of nitro groups is 1. The van der Waals surface area contributed by atoms with Gasteiger partial charge in [-0.1, -0.05) is 24.0 Å². The van der Waals surface area contributed by atoms with Crippen molar-refractivity contribution in [2.75, 3.05) is 7.11 Å². The number of carbonyl (C=O) groups is 1. The van der Waals surface area contributed by atoms with Gasteiger partial charge in [-0.25, -0.2) is 0 Å². The summed E-state index contributed by atoms with van der Waals surface area (Å²) >= 11 is 0. The molecule has 6 heteroatoms. The average Bonchev–Trinajstić information content (AvgIpc) is 3.31. The van der Waals surface area contributed by atoms with E-state index in [1.807, 2.05) is 18.2 Å². The molecule has 0 spiro atoms. The highest BCUT2D eigenvalue weighted by molar-refractivity contribution is 5.82. The molecule has 0 N–H and O–H groups in total. The topological polar surface area (TPSA) is 78.7 Å². The highest BCUT2D eigenvalue weighted by Crippen LogP contribution is 2.42. The summed E-state index contributed by atoms with van der Waals surface area (Å²) in [5, 5.41) is 11.1. The van der Waals surface area contributed by atoms with Crippen molar-refractivity contribution in [2.45, 2.75) is 62.9 Å². The first-order valence-corrected chi connectivity index (χ1v) is 11.1. The van der Waals surface area contributed by atoms with Crippen LogP contribution in [0.4, 0.5) is 5.69 Å². The molecule has 0 radical (unpaired) electrons. The number of ketones is 1. The van der Waals surface area contributed by atoms with E-state index < -0.39 is 10.3 Å². The van der Waals surface area contributed by atoms with E-state index in [-0.39, 0.29) is 17.6 Å². The molecule has 0 bridgehead atoms. The van der Waals surface area contributed by atoms with E-state index in [1.54, 1.807) is 19.2 Å². The molecule has 2 fully saturated rings. The van der Waals surface area contributed by atoms with Gasteiger partial charge >= 0.3 is 0 Å². The summed E-state index contributed by atoms with van der Waals surface area (Å²) in [5.41, 5.74) is 0.840. The number of Topliss-reactive ketones (excluding diaryl/α,β-unsaturated/α-hetero) is 1. The molecule has 1 unspecified atom stereocenters. The summed E-state index contributed by atoms with van der Waals surface area (Å²) in [6.07, 6.45) is 6.96. The number of nitro benzene ring substituents is 1. The maximum Gasteiger partial charge on any atom is 0.270 e. The van der Waals surface area contributed by atoms with Crippen molar-refractivity contribution in [1.82, 2.24) is 0 Å². The summed E-state index contributed by atoms with van der Waals surface area (Å²) in [6, 6.07) is 12.1. The molecule has 1 atom stereocenters. The Labute approximate surface area is 188 Å². The van der Waals surface area contributed by atoms with Gasteiger partial charge in [-0.15, -0.1) is 0 Å². The molecule has 4 rings (SSSR count). The van der Waals surface area contributed by atoms with Gasteiger partial charge in [0.15, 0.2) is 11.5 Å². The summed E-state index contributed by atoms with van der Waals surface area (Å²) in [7, 11) is 1.62. The van der Waals surface area contributed by atoms with Gasteiger partial charge in [-0.2, -0.15) is 0 Å². The van der Waals surface area contributed by atoms with Crippen LogP contribution in [0.15, 0.2) is 42.5 Å². The van der Waals surface area contributed by atoms with Gasteiger partial charge in [0.1, 0.15) is 5.78 Å². The second-order valence-corrected chi connectivity index (χ2v) is 8.60. The number of nitrogens with zero attached hydrogens (tertiary/aromatic N) is 1. The van der Waals surface area contributed by atoms with Crippen LogP contribution in [0.25, 0.3) is 0 Å². The standard InChI is InChI=1S/C26H27NO5/c1-31-24-12-11-20(17-25(24)32-23-9-2-3-10-23)26(14-5-8-22(28)18-26)15-13-19-6-4-7-21(16-19)27(29)30/h4,6-7,11-12,16-17,23H,2-3,5,8-10,14,18H2,1H3. The molecule has 2 aliphatic carbocycles. The first-order valence-electron chi connectivity index (χ1n) is 11.1. The minimum Gasteiger partial charge on any atom is -0.493 e. The number of rotatable bonds is 5. The molecule has 2 saturated carbocycles. The summed E-state index contributed by atoms with van der Waals surface area (Å²) in [6.45, 7) is 0. The molecule has 2 aliphatic rings. The minimum atomic E-state index is -0.653. The molecular formula is C26H27NO5. The molecule has 0 amide bonds. The smallest absolute Gasteiger partial charge is 0.270 e. The second-order valence-electron chi connectivity index (χ2n) is 8.60. The van der Waals surface area contributed by atoms with Crippen LogP contribution in [-0.4, -0.2) is 23.9 Å². The molecule has 0 aliphatic heterocycles. The Morgan fingerprint density at radius 1 is 1.09 bits per heavy atom. The van der Waals surface area contributed by atoms with E-state index in [2.05, 4.69) is 11.8 Å². The maximum atomic E-state index is 12.5. The molecule has 6 nitrogen and oxygen atoms in total. The third kappa shape index (κ3) is 4.77. The predicted molar refractivity (Wildman–Crippen MR) is 121 cm³/mol.